The summed E-state index contributed by atoms with van der Waals surface area (Å²) < 4.78 is 4.74. The molecule has 100 valence electrons. The van der Waals surface area contributed by atoms with E-state index in [2.05, 4.69) is 6.07 Å². The normalized spacial score (nSPS) is 22.7. The number of hydrogen-bond donors (Lipinski definition) is 0. The maximum Gasteiger partial charge on any atom is 0.311 e. The molecule has 1 heterocycles. The van der Waals surface area contributed by atoms with E-state index in [1.54, 1.807) is 4.90 Å². The fourth-order valence-electron chi connectivity index (χ4n) is 2.74. The van der Waals surface area contributed by atoms with Gasteiger partial charge in [0.25, 0.3) is 0 Å². The zero-order valence-electron chi connectivity index (χ0n) is 11.0. The van der Waals surface area contributed by atoms with Crippen LogP contribution in [-0.4, -0.2) is 25.5 Å². The molecular weight excluding hydrogens is 242 g/mol. The van der Waals surface area contributed by atoms with Gasteiger partial charge < -0.3 is 9.64 Å². The molecule has 4 nitrogen and oxygen atoms in total. The van der Waals surface area contributed by atoms with Gasteiger partial charge in [0.15, 0.2) is 0 Å². The van der Waals surface area contributed by atoms with E-state index in [9.17, 15) is 9.59 Å². The van der Waals surface area contributed by atoms with E-state index in [1.807, 2.05) is 18.2 Å². The zero-order valence-corrected chi connectivity index (χ0v) is 11.0. The molecule has 1 aromatic carbocycles. The van der Waals surface area contributed by atoms with Crippen LogP contribution >= 0.6 is 0 Å². The van der Waals surface area contributed by atoms with Gasteiger partial charge in [0.2, 0.25) is 5.91 Å². The van der Waals surface area contributed by atoms with Crippen LogP contribution in [0.25, 0.3) is 0 Å². The van der Waals surface area contributed by atoms with E-state index in [0.717, 1.165) is 5.69 Å². The van der Waals surface area contributed by atoms with E-state index < -0.39 is 0 Å². The van der Waals surface area contributed by atoms with E-state index in [4.69, 9.17) is 4.74 Å². The number of para-hydroxylation sites is 1. The highest BCUT2D eigenvalue weighted by Gasteiger charge is 2.38. The summed E-state index contributed by atoms with van der Waals surface area (Å²) in [7, 11) is 1.37. The first-order chi connectivity index (χ1) is 9.20. The molecule has 2 aliphatic rings. The van der Waals surface area contributed by atoms with Crippen molar-refractivity contribution in [3.63, 3.8) is 0 Å². The molecule has 1 aliphatic carbocycles. The molecule has 0 N–H and O–H groups in total. The average Bonchev–Trinajstić information content (AvgIpc) is 3.21. The Labute approximate surface area is 112 Å². The van der Waals surface area contributed by atoms with Crippen molar-refractivity contribution in [1.29, 1.82) is 0 Å². The Morgan fingerprint density at radius 2 is 2.05 bits per heavy atom. The van der Waals surface area contributed by atoms with Gasteiger partial charge in [-0.05, 0) is 30.4 Å². The zero-order chi connectivity index (χ0) is 13.4. The molecule has 1 unspecified atom stereocenters. The van der Waals surface area contributed by atoms with Gasteiger partial charge in [0.1, 0.15) is 0 Å². The van der Waals surface area contributed by atoms with Crippen molar-refractivity contribution in [1.82, 2.24) is 0 Å². The standard InChI is InChI=1S/C15H17NO3/c1-19-15(18)11-8-14(17)16(9-11)13-5-3-2-4-12(13)10-6-7-10/h2-5,10-11H,6-9H2,1H3. The summed E-state index contributed by atoms with van der Waals surface area (Å²) in [6.07, 6.45) is 2.64. The van der Waals surface area contributed by atoms with Crippen LogP contribution in [0, 0.1) is 5.92 Å². The number of ether oxygens (including phenoxy) is 1. The Balaban J connectivity index is 1.86. The molecule has 4 heteroatoms. The number of amides is 1. The molecular formula is C15H17NO3. The molecule has 0 bridgehead atoms. The molecule has 2 fully saturated rings. The maximum absolute atomic E-state index is 12.1. The molecule has 0 aromatic heterocycles. The van der Waals surface area contributed by atoms with Crippen LogP contribution in [0.3, 0.4) is 0 Å². The second-order valence-corrected chi connectivity index (χ2v) is 5.26. The number of carbonyl (C=O) groups is 2. The molecule has 1 saturated carbocycles. The SMILES string of the molecule is COC(=O)C1CC(=O)N(c2ccccc2C2CC2)C1. The summed E-state index contributed by atoms with van der Waals surface area (Å²) in [5.41, 5.74) is 2.21. The van der Waals surface area contributed by atoms with Gasteiger partial charge in [-0.1, -0.05) is 18.2 Å². The predicted octanol–water partition coefficient (Wildman–Crippen LogP) is 2.09. The van der Waals surface area contributed by atoms with Crippen LogP contribution in [0.2, 0.25) is 0 Å². The number of esters is 1. The van der Waals surface area contributed by atoms with Gasteiger partial charge in [0, 0.05) is 18.7 Å². The second kappa shape index (κ2) is 4.68. The maximum atomic E-state index is 12.1. The van der Waals surface area contributed by atoms with Crippen LogP contribution in [0.4, 0.5) is 5.69 Å². The monoisotopic (exact) mass is 259 g/mol. The summed E-state index contributed by atoms with van der Waals surface area (Å²) in [6, 6.07) is 8.02. The minimum Gasteiger partial charge on any atom is -0.469 e. The van der Waals surface area contributed by atoms with Crippen molar-refractivity contribution in [2.75, 3.05) is 18.6 Å². The Bertz CT molecular complexity index is 522. The molecule has 19 heavy (non-hydrogen) atoms. The lowest BCUT2D eigenvalue weighted by Crippen LogP contribution is -2.27. The van der Waals surface area contributed by atoms with E-state index in [1.165, 1.54) is 25.5 Å². The van der Waals surface area contributed by atoms with E-state index in [0.29, 0.717) is 12.5 Å². The van der Waals surface area contributed by atoms with E-state index in [-0.39, 0.29) is 24.2 Å². The molecule has 0 radical (unpaired) electrons. The van der Waals surface area contributed by atoms with E-state index >= 15 is 0 Å². The van der Waals surface area contributed by atoms with Gasteiger partial charge in [-0.15, -0.1) is 0 Å². The number of nitrogens with zero attached hydrogens (tertiary/aromatic N) is 1. The Kier molecular flexibility index (Phi) is 3.01. The topological polar surface area (TPSA) is 46.6 Å². The third kappa shape index (κ3) is 2.23. The van der Waals surface area contributed by atoms with Gasteiger partial charge in [-0.3, -0.25) is 9.59 Å². The number of anilines is 1. The van der Waals surface area contributed by atoms with Crippen LogP contribution in [0.5, 0.6) is 0 Å². The molecule has 1 amide bonds. The number of carbonyl (C=O) groups excluding carboxylic acids is 2. The van der Waals surface area contributed by atoms with Crippen molar-refractivity contribution in [2.24, 2.45) is 5.92 Å². The molecule has 3 rings (SSSR count). The van der Waals surface area contributed by atoms with Crippen molar-refractivity contribution in [3.8, 4) is 0 Å². The molecule has 0 spiro atoms. The summed E-state index contributed by atoms with van der Waals surface area (Å²) in [5.74, 6) is -0.0193. The third-order valence-electron chi connectivity index (χ3n) is 3.90. The Hall–Kier alpha value is -1.84. The summed E-state index contributed by atoms with van der Waals surface area (Å²) in [4.78, 5) is 25.4. The number of benzene rings is 1. The fourth-order valence-corrected chi connectivity index (χ4v) is 2.74. The first-order valence-corrected chi connectivity index (χ1v) is 6.68. The number of methoxy groups -OCH3 is 1. The van der Waals surface area contributed by atoms with Crippen LogP contribution in [0.15, 0.2) is 24.3 Å². The molecule has 1 saturated heterocycles. The smallest absolute Gasteiger partial charge is 0.311 e. The van der Waals surface area contributed by atoms with Crippen molar-refractivity contribution < 1.29 is 14.3 Å². The number of rotatable bonds is 3. The summed E-state index contributed by atoms with van der Waals surface area (Å²) in [5, 5.41) is 0. The Morgan fingerprint density at radius 3 is 2.74 bits per heavy atom. The quantitative estimate of drug-likeness (QED) is 0.781. The van der Waals surface area contributed by atoms with Crippen molar-refractivity contribution in [2.45, 2.75) is 25.2 Å². The largest absolute Gasteiger partial charge is 0.469 e. The summed E-state index contributed by atoms with van der Waals surface area (Å²) >= 11 is 0. The highest BCUT2D eigenvalue weighted by molar-refractivity contribution is 6.00. The molecule has 1 aliphatic heterocycles. The first-order valence-electron chi connectivity index (χ1n) is 6.68. The lowest BCUT2D eigenvalue weighted by molar-refractivity contribution is -0.145. The highest BCUT2D eigenvalue weighted by Crippen LogP contribution is 2.45. The first kappa shape index (κ1) is 12.2. The minimum atomic E-state index is -0.329. The third-order valence-corrected chi connectivity index (χ3v) is 3.90. The highest BCUT2D eigenvalue weighted by atomic mass is 16.5. The molecule has 1 aromatic rings. The Morgan fingerprint density at radius 1 is 1.32 bits per heavy atom. The minimum absolute atomic E-state index is 0.0171. The van der Waals surface area contributed by atoms with Crippen LogP contribution in [0.1, 0.15) is 30.7 Å². The van der Waals surface area contributed by atoms with Gasteiger partial charge in [-0.2, -0.15) is 0 Å². The molecule has 1 atom stereocenters. The number of hydrogen-bond acceptors (Lipinski definition) is 3. The van der Waals surface area contributed by atoms with Crippen molar-refractivity contribution >= 4 is 17.6 Å². The van der Waals surface area contributed by atoms with Crippen LogP contribution in [-0.2, 0) is 14.3 Å². The van der Waals surface area contributed by atoms with Crippen molar-refractivity contribution in [3.05, 3.63) is 29.8 Å². The predicted molar refractivity (Wildman–Crippen MR) is 70.9 cm³/mol. The summed E-state index contributed by atoms with van der Waals surface area (Å²) in [6.45, 7) is 0.440. The average molecular weight is 259 g/mol. The lowest BCUT2D eigenvalue weighted by atomic mass is 10.1. The van der Waals surface area contributed by atoms with Gasteiger partial charge in [0.05, 0.1) is 13.0 Å². The van der Waals surface area contributed by atoms with Crippen LogP contribution < -0.4 is 4.90 Å². The second-order valence-electron chi connectivity index (χ2n) is 5.26. The van der Waals surface area contributed by atoms with Gasteiger partial charge >= 0.3 is 5.97 Å². The fraction of sp³-hybridized carbons (Fsp3) is 0.467. The van der Waals surface area contributed by atoms with Gasteiger partial charge in [-0.25, -0.2) is 0 Å². The lowest BCUT2D eigenvalue weighted by Gasteiger charge is -2.20.